The Morgan fingerprint density at radius 3 is 1.80 bits per heavy atom. The molecule has 3 aromatic carbocycles. The van der Waals surface area contributed by atoms with Crippen LogP contribution in [0.15, 0.2) is 84.2 Å². The predicted octanol–water partition coefficient (Wildman–Crippen LogP) is 17.4. The summed E-state index contributed by atoms with van der Waals surface area (Å²) < 4.78 is 17.8. The summed E-state index contributed by atoms with van der Waals surface area (Å²) in [6, 6.07) is 30.8. The van der Waals surface area contributed by atoms with Crippen LogP contribution < -0.4 is 0 Å². The summed E-state index contributed by atoms with van der Waals surface area (Å²) in [5, 5.41) is 4.96. The van der Waals surface area contributed by atoms with E-state index >= 15 is 0 Å². The Balaban J connectivity index is 1.02. The Bertz CT molecular complexity index is 2600. The molecule has 6 aromatic heterocycles. The van der Waals surface area contributed by atoms with E-state index in [1.807, 2.05) is 34.0 Å². The number of hydrogen-bond donors (Lipinski definition) is 0. The molecular formula is C47H49N3S5. The molecule has 0 spiro atoms. The van der Waals surface area contributed by atoms with E-state index in [4.69, 9.17) is 8.75 Å². The van der Waals surface area contributed by atoms with Gasteiger partial charge in [0, 0.05) is 66.9 Å². The van der Waals surface area contributed by atoms with Crippen LogP contribution >= 0.6 is 57.1 Å². The lowest BCUT2D eigenvalue weighted by molar-refractivity contribution is 0.410. The topological polar surface area (TPSA) is 30.7 Å². The van der Waals surface area contributed by atoms with Crippen LogP contribution in [0.2, 0.25) is 0 Å². The van der Waals surface area contributed by atoms with E-state index in [0.29, 0.717) is 6.04 Å². The first kappa shape index (κ1) is 37.2. The Labute approximate surface area is 345 Å². The fourth-order valence-corrected chi connectivity index (χ4v) is 13.7. The maximum absolute atomic E-state index is 4.83. The lowest BCUT2D eigenvalue weighted by atomic mass is 9.99. The molecule has 0 N–H and O–H groups in total. The van der Waals surface area contributed by atoms with Crippen molar-refractivity contribution in [3.05, 3.63) is 84.2 Å². The van der Waals surface area contributed by atoms with Crippen molar-refractivity contribution in [3.8, 4) is 31.3 Å². The minimum atomic E-state index is 0.532. The first-order valence-electron chi connectivity index (χ1n) is 20.5. The second-order valence-electron chi connectivity index (χ2n) is 15.2. The number of nitrogens with zero attached hydrogens (tertiary/aromatic N) is 3. The summed E-state index contributed by atoms with van der Waals surface area (Å²) >= 11 is 8.78. The SMILES string of the molecule is CCCCCCCCC(CCCCCCCC)n1c2ccccc2c2ccc(-c3cc4sc(-c5ccc(-c6cc7sccc7s6)c6nsnc56)cc4s3)cc21. The van der Waals surface area contributed by atoms with Gasteiger partial charge in [0.15, 0.2) is 0 Å². The second-order valence-corrected chi connectivity index (χ2v) is 19.9. The van der Waals surface area contributed by atoms with Gasteiger partial charge < -0.3 is 4.57 Å². The van der Waals surface area contributed by atoms with E-state index in [-0.39, 0.29) is 0 Å². The summed E-state index contributed by atoms with van der Waals surface area (Å²) in [7, 11) is 0. The van der Waals surface area contributed by atoms with Crippen LogP contribution in [0.3, 0.4) is 0 Å². The van der Waals surface area contributed by atoms with Gasteiger partial charge in [-0.1, -0.05) is 133 Å². The first-order chi connectivity index (χ1) is 27.2. The summed E-state index contributed by atoms with van der Waals surface area (Å²) in [4.78, 5) is 3.89. The fraction of sp³-hybridized carbons (Fsp3) is 0.362. The van der Waals surface area contributed by atoms with Crippen LogP contribution in [-0.4, -0.2) is 13.3 Å². The lowest BCUT2D eigenvalue weighted by Crippen LogP contribution is -2.09. The number of hydrogen-bond acceptors (Lipinski definition) is 7. The number of rotatable bonds is 18. The van der Waals surface area contributed by atoms with Crippen LogP contribution in [0.4, 0.5) is 0 Å². The number of benzene rings is 3. The molecule has 8 heteroatoms. The molecule has 0 fully saturated rings. The van der Waals surface area contributed by atoms with Crippen LogP contribution in [0.25, 0.3) is 83.0 Å². The minimum Gasteiger partial charge on any atom is -0.337 e. The zero-order valence-corrected chi connectivity index (χ0v) is 36.0. The van der Waals surface area contributed by atoms with Gasteiger partial charge in [0.2, 0.25) is 0 Å². The second kappa shape index (κ2) is 17.0. The summed E-state index contributed by atoms with van der Waals surface area (Å²) in [6.45, 7) is 4.63. The highest BCUT2D eigenvalue weighted by molar-refractivity contribution is 7.31. The molecule has 0 aliphatic heterocycles. The van der Waals surface area contributed by atoms with Crippen molar-refractivity contribution in [1.29, 1.82) is 0 Å². The van der Waals surface area contributed by atoms with E-state index in [9.17, 15) is 0 Å². The highest BCUT2D eigenvalue weighted by Crippen LogP contribution is 2.46. The Hall–Kier alpha value is -3.40. The standard InChI is InChI=1S/C47H49N3S5/c1-3-5-7-9-11-13-17-32(18-14-12-10-8-6-4-2)50-37-20-16-15-19-33(37)34-22-21-31(27-38(34)50)40-28-44-45(53-40)30-42(54-44)36-24-23-35(46-47(36)49-55-48-46)41-29-43-39(52-41)25-26-51-43/h15-16,19-30,32H,3-14,17-18H2,1-2H3. The first-order valence-corrected chi connectivity index (χ1v) is 24.6. The molecule has 0 saturated carbocycles. The van der Waals surface area contributed by atoms with Crippen molar-refractivity contribution < 1.29 is 0 Å². The van der Waals surface area contributed by atoms with Crippen LogP contribution in [0.1, 0.15) is 110 Å². The Morgan fingerprint density at radius 1 is 0.527 bits per heavy atom. The molecule has 0 aliphatic carbocycles. The summed E-state index contributed by atoms with van der Waals surface area (Å²) in [5.74, 6) is 0. The molecule has 0 atom stereocenters. The van der Waals surface area contributed by atoms with Gasteiger partial charge in [-0.05, 0) is 60.2 Å². The number of thiophene rings is 4. The highest BCUT2D eigenvalue weighted by atomic mass is 32.1. The summed E-state index contributed by atoms with van der Waals surface area (Å²) in [5.41, 5.74) is 8.55. The van der Waals surface area contributed by atoms with E-state index in [1.54, 1.807) is 11.3 Å². The van der Waals surface area contributed by atoms with Gasteiger partial charge in [0.25, 0.3) is 0 Å². The molecule has 3 nitrogen and oxygen atoms in total. The molecule has 6 heterocycles. The number of fused-ring (bicyclic) bond motifs is 6. The third-order valence-electron chi connectivity index (χ3n) is 11.4. The molecule has 0 aliphatic rings. The Morgan fingerprint density at radius 2 is 1.11 bits per heavy atom. The van der Waals surface area contributed by atoms with Gasteiger partial charge in [-0.3, -0.25) is 0 Å². The van der Waals surface area contributed by atoms with Gasteiger partial charge in [0.05, 0.1) is 17.2 Å². The van der Waals surface area contributed by atoms with Crippen molar-refractivity contribution in [2.24, 2.45) is 0 Å². The van der Waals surface area contributed by atoms with Gasteiger partial charge in [-0.2, -0.15) is 8.75 Å². The molecule has 9 aromatic rings. The quantitative estimate of drug-likeness (QED) is 0.0808. The van der Waals surface area contributed by atoms with E-state index in [2.05, 4.69) is 103 Å². The average molecular weight is 816 g/mol. The average Bonchev–Trinajstić information content (AvgIpc) is 4.06. The Kier molecular flexibility index (Phi) is 11.5. The number of para-hydroxylation sites is 1. The predicted molar refractivity (Wildman–Crippen MR) is 248 cm³/mol. The molecule has 55 heavy (non-hydrogen) atoms. The minimum absolute atomic E-state index is 0.532. The zero-order chi connectivity index (χ0) is 37.1. The van der Waals surface area contributed by atoms with Crippen LogP contribution in [0, 0.1) is 0 Å². The largest absolute Gasteiger partial charge is 0.337 e. The zero-order valence-electron chi connectivity index (χ0n) is 31.9. The van der Waals surface area contributed by atoms with Crippen molar-refractivity contribution in [3.63, 3.8) is 0 Å². The van der Waals surface area contributed by atoms with E-state index < -0.39 is 0 Å². The molecule has 0 saturated heterocycles. The van der Waals surface area contributed by atoms with Crippen LogP contribution in [0.5, 0.6) is 0 Å². The van der Waals surface area contributed by atoms with E-state index in [1.165, 1.54) is 174 Å². The van der Waals surface area contributed by atoms with Gasteiger partial charge in [-0.25, -0.2) is 0 Å². The molecule has 9 rings (SSSR count). The van der Waals surface area contributed by atoms with Gasteiger partial charge in [0.1, 0.15) is 11.0 Å². The van der Waals surface area contributed by atoms with Crippen molar-refractivity contribution in [1.82, 2.24) is 13.3 Å². The van der Waals surface area contributed by atoms with Gasteiger partial charge >= 0.3 is 0 Å². The highest BCUT2D eigenvalue weighted by Gasteiger charge is 2.21. The molecule has 0 radical (unpaired) electrons. The van der Waals surface area contributed by atoms with Crippen molar-refractivity contribution >= 4 is 109 Å². The van der Waals surface area contributed by atoms with Crippen LogP contribution in [-0.2, 0) is 0 Å². The van der Waals surface area contributed by atoms with Crippen molar-refractivity contribution in [2.75, 3.05) is 0 Å². The molecule has 0 bridgehead atoms. The number of unbranched alkanes of at least 4 members (excludes halogenated alkanes) is 10. The van der Waals surface area contributed by atoms with Gasteiger partial charge in [-0.15, -0.1) is 45.3 Å². The van der Waals surface area contributed by atoms with E-state index in [0.717, 1.165) is 11.0 Å². The molecule has 0 unspecified atom stereocenters. The summed E-state index contributed by atoms with van der Waals surface area (Å²) in [6.07, 6.45) is 18.7. The maximum Gasteiger partial charge on any atom is 0.114 e. The normalized spacial score (nSPS) is 12.3. The number of aromatic nitrogens is 3. The third kappa shape index (κ3) is 7.58. The smallest absolute Gasteiger partial charge is 0.114 e. The molecule has 282 valence electrons. The monoisotopic (exact) mass is 815 g/mol. The maximum atomic E-state index is 4.83. The van der Waals surface area contributed by atoms with Crippen molar-refractivity contribution in [2.45, 2.75) is 110 Å². The molecular weight excluding hydrogens is 767 g/mol. The third-order valence-corrected chi connectivity index (χ3v) is 16.5. The lowest BCUT2D eigenvalue weighted by Gasteiger charge is -2.22. The molecule has 0 amide bonds. The fourth-order valence-electron chi connectivity index (χ4n) is 8.54.